The normalized spacial score (nSPS) is 11.6. The highest BCUT2D eigenvalue weighted by molar-refractivity contribution is 7.99. The van der Waals surface area contributed by atoms with Gasteiger partial charge in [-0.25, -0.2) is 0 Å². The molecular formula is C30H35ClN2O2S. The molecule has 0 aliphatic rings. The lowest BCUT2D eigenvalue weighted by Crippen LogP contribution is -2.50. The quantitative estimate of drug-likeness (QED) is 0.188. The van der Waals surface area contributed by atoms with Crippen LogP contribution in [0.3, 0.4) is 0 Å². The van der Waals surface area contributed by atoms with Gasteiger partial charge in [-0.15, -0.1) is 11.8 Å². The van der Waals surface area contributed by atoms with E-state index in [-0.39, 0.29) is 11.8 Å². The van der Waals surface area contributed by atoms with Crippen LogP contribution in [0.15, 0.2) is 89.8 Å². The van der Waals surface area contributed by atoms with Gasteiger partial charge in [-0.2, -0.15) is 0 Å². The summed E-state index contributed by atoms with van der Waals surface area (Å²) < 4.78 is 0. The van der Waals surface area contributed by atoms with Crippen LogP contribution in [0, 0.1) is 0 Å². The van der Waals surface area contributed by atoms with Crippen LogP contribution in [0.4, 0.5) is 0 Å². The van der Waals surface area contributed by atoms with Gasteiger partial charge >= 0.3 is 0 Å². The van der Waals surface area contributed by atoms with Crippen LogP contribution >= 0.6 is 23.4 Å². The number of hydrogen-bond donors (Lipinski definition) is 1. The average molecular weight is 523 g/mol. The molecule has 1 N–H and O–H groups in total. The molecule has 0 fully saturated rings. The third kappa shape index (κ3) is 9.36. The predicted molar refractivity (Wildman–Crippen MR) is 150 cm³/mol. The molecule has 0 saturated carbocycles. The molecule has 3 aromatic rings. The molecule has 0 spiro atoms. The number of rotatable bonds is 14. The van der Waals surface area contributed by atoms with E-state index >= 15 is 0 Å². The molecule has 1 atom stereocenters. The van der Waals surface area contributed by atoms with E-state index in [1.165, 1.54) is 0 Å². The molecule has 0 aromatic heterocycles. The Bertz CT molecular complexity index is 1060. The molecule has 4 nitrogen and oxygen atoms in total. The number of benzene rings is 3. The first kappa shape index (κ1) is 27.8. The van der Waals surface area contributed by atoms with Gasteiger partial charge in [0.25, 0.3) is 0 Å². The van der Waals surface area contributed by atoms with Crippen molar-refractivity contribution in [3.8, 4) is 0 Å². The molecule has 0 saturated heterocycles. The van der Waals surface area contributed by atoms with Crippen molar-refractivity contribution in [1.29, 1.82) is 0 Å². The van der Waals surface area contributed by atoms with Gasteiger partial charge < -0.3 is 10.2 Å². The van der Waals surface area contributed by atoms with E-state index in [4.69, 9.17) is 11.6 Å². The van der Waals surface area contributed by atoms with Crippen molar-refractivity contribution >= 4 is 35.2 Å². The Morgan fingerprint density at radius 1 is 0.889 bits per heavy atom. The summed E-state index contributed by atoms with van der Waals surface area (Å²) in [6, 6.07) is 27.0. The second-order valence-electron chi connectivity index (χ2n) is 8.76. The van der Waals surface area contributed by atoms with Gasteiger partial charge in [0.15, 0.2) is 0 Å². The van der Waals surface area contributed by atoms with E-state index in [2.05, 4.69) is 12.2 Å². The molecule has 3 aromatic carbocycles. The zero-order valence-corrected chi connectivity index (χ0v) is 22.4. The molecule has 0 unspecified atom stereocenters. The number of nitrogens with zero attached hydrogens (tertiary/aromatic N) is 1. The summed E-state index contributed by atoms with van der Waals surface area (Å²) in [6.07, 6.45) is 3.52. The zero-order valence-electron chi connectivity index (χ0n) is 20.9. The molecule has 190 valence electrons. The maximum atomic E-state index is 13.6. The summed E-state index contributed by atoms with van der Waals surface area (Å²) in [5, 5.41) is 3.79. The van der Waals surface area contributed by atoms with Crippen LogP contribution in [0.2, 0.25) is 5.02 Å². The van der Waals surface area contributed by atoms with Crippen LogP contribution in [0.5, 0.6) is 0 Å². The lowest BCUT2D eigenvalue weighted by Gasteiger charge is -2.31. The van der Waals surface area contributed by atoms with Crippen molar-refractivity contribution < 1.29 is 9.59 Å². The SMILES string of the molecule is CCCCNC(=O)[C@H](Cc1ccccc1)N(Cc1ccccc1)C(=O)CCCSc1ccc(Cl)cc1. The Balaban J connectivity index is 1.74. The highest BCUT2D eigenvalue weighted by Gasteiger charge is 2.29. The first-order chi connectivity index (χ1) is 17.6. The largest absolute Gasteiger partial charge is 0.354 e. The van der Waals surface area contributed by atoms with Crippen LogP contribution in [0.25, 0.3) is 0 Å². The summed E-state index contributed by atoms with van der Waals surface area (Å²) in [4.78, 5) is 29.9. The molecular weight excluding hydrogens is 488 g/mol. The van der Waals surface area contributed by atoms with Crippen LogP contribution in [-0.4, -0.2) is 35.1 Å². The van der Waals surface area contributed by atoms with Crippen molar-refractivity contribution in [3.63, 3.8) is 0 Å². The van der Waals surface area contributed by atoms with Gasteiger partial charge in [-0.1, -0.05) is 85.6 Å². The van der Waals surface area contributed by atoms with Crippen molar-refractivity contribution in [1.82, 2.24) is 10.2 Å². The van der Waals surface area contributed by atoms with Crippen LogP contribution in [0.1, 0.15) is 43.7 Å². The minimum atomic E-state index is -0.569. The van der Waals surface area contributed by atoms with Crippen molar-refractivity contribution in [2.45, 2.75) is 56.5 Å². The predicted octanol–water partition coefficient (Wildman–Crippen LogP) is 6.77. The number of nitrogens with one attached hydrogen (secondary N) is 1. The third-order valence-electron chi connectivity index (χ3n) is 5.91. The standard InChI is InChI=1S/C30H35ClN2O2S/c1-2-3-20-32-30(35)28(22-24-11-6-4-7-12-24)33(23-25-13-8-5-9-14-25)29(34)15-10-21-36-27-18-16-26(31)17-19-27/h4-9,11-14,16-19,28H,2-3,10,15,20-23H2,1H3,(H,32,35)/t28-/m0/s1. The fourth-order valence-corrected chi connectivity index (χ4v) is 4.91. The Kier molecular flexibility index (Phi) is 11.9. The summed E-state index contributed by atoms with van der Waals surface area (Å²) in [5.74, 6) is 0.729. The minimum Gasteiger partial charge on any atom is -0.354 e. The lowest BCUT2D eigenvalue weighted by atomic mass is 10.0. The Morgan fingerprint density at radius 2 is 1.53 bits per heavy atom. The molecule has 36 heavy (non-hydrogen) atoms. The summed E-state index contributed by atoms with van der Waals surface area (Å²) >= 11 is 7.69. The maximum Gasteiger partial charge on any atom is 0.243 e. The Morgan fingerprint density at radius 3 is 2.17 bits per heavy atom. The Hall–Kier alpha value is -2.76. The number of carbonyl (C=O) groups excluding carboxylic acids is 2. The number of carbonyl (C=O) groups is 2. The van der Waals surface area contributed by atoms with Gasteiger partial charge in [-0.05, 0) is 54.0 Å². The summed E-state index contributed by atoms with van der Waals surface area (Å²) in [6.45, 7) is 3.12. The van der Waals surface area contributed by atoms with Crippen LogP contribution < -0.4 is 5.32 Å². The first-order valence-corrected chi connectivity index (χ1v) is 14.0. The number of unbranched alkanes of at least 4 members (excludes halogenated alkanes) is 1. The van der Waals surface area contributed by atoms with Gasteiger partial charge in [0, 0.05) is 35.8 Å². The maximum absolute atomic E-state index is 13.6. The highest BCUT2D eigenvalue weighted by atomic mass is 35.5. The van der Waals surface area contributed by atoms with Crippen molar-refractivity contribution in [2.75, 3.05) is 12.3 Å². The van der Waals surface area contributed by atoms with Gasteiger partial charge in [0.1, 0.15) is 6.04 Å². The van der Waals surface area contributed by atoms with Gasteiger partial charge in [0.2, 0.25) is 11.8 Å². The molecule has 3 rings (SSSR count). The lowest BCUT2D eigenvalue weighted by molar-refractivity contribution is -0.141. The molecule has 0 bridgehead atoms. The summed E-state index contributed by atoms with van der Waals surface area (Å²) in [7, 11) is 0. The first-order valence-electron chi connectivity index (χ1n) is 12.6. The van der Waals surface area contributed by atoms with Gasteiger partial charge in [0.05, 0.1) is 0 Å². The van der Waals surface area contributed by atoms with E-state index in [1.807, 2.05) is 84.9 Å². The highest BCUT2D eigenvalue weighted by Crippen LogP contribution is 2.22. The van der Waals surface area contributed by atoms with E-state index in [0.29, 0.717) is 31.0 Å². The fourth-order valence-electron chi connectivity index (χ4n) is 3.93. The topological polar surface area (TPSA) is 49.4 Å². The molecule has 0 aliphatic carbocycles. The fraction of sp³-hybridized carbons (Fsp3) is 0.333. The van der Waals surface area contributed by atoms with E-state index in [1.54, 1.807) is 16.7 Å². The molecule has 0 heterocycles. The number of thioether (sulfide) groups is 1. The molecule has 0 aliphatic heterocycles. The average Bonchev–Trinajstić information content (AvgIpc) is 2.91. The number of halogens is 1. The zero-order chi connectivity index (χ0) is 25.6. The molecule has 6 heteroatoms. The molecule has 2 amide bonds. The van der Waals surface area contributed by atoms with E-state index in [0.717, 1.165) is 41.0 Å². The van der Waals surface area contributed by atoms with E-state index < -0.39 is 6.04 Å². The summed E-state index contributed by atoms with van der Waals surface area (Å²) in [5.41, 5.74) is 2.05. The monoisotopic (exact) mass is 522 g/mol. The molecule has 0 radical (unpaired) electrons. The minimum absolute atomic E-state index is 0.00197. The van der Waals surface area contributed by atoms with Crippen molar-refractivity contribution in [3.05, 3.63) is 101 Å². The number of hydrogen-bond acceptors (Lipinski definition) is 3. The second kappa shape index (κ2) is 15.4. The van der Waals surface area contributed by atoms with E-state index in [9.17, 15) is 9.59 Å². The third-order valence-corrected chi connectivity index (χ3v) is 7.26. The second-order valence-corrected chi connectivity index (χ2v) is 10.4. The van der Waals surface area contributed by atoms with Crippen molar-refractivity contribution in [2.24, 2.45) is 0 Å². The van der Waals surface area contributed by atoms with Crippen LogP contribution in [-0.2, 0) is 22.6 Å². The van der Waals surface area contributed by atoms with Gasteiger partial charge in [-0.3, -0.25) is 9.59 Å². The smallest absolute Gasteiger partial charge is 0.243 e. The number of amides is 2. The Labute approximate surface area is 224 Å².